The van der Waals surface area contributed by atoms with Crippen LogP contribution in [-0.4, -0.2) is 73.1 Å². The summed E-state index contributed by atoms with van der Waals surface area (Å²) in [5.74, 6) is -0.00992. The van der Waals surface area contributed by atoms with Crippen molar-refractivity contribution in [2.24, 2.45) is 5.73 Å². The second-order valence-electron chi connectivity index (χ2n) is 9.95. The number of primary amides is 1. The summed E-state index contributed by atoms with van der Waals surface area (Å²) in [6.45, 7) is 1.72. The predicted molar refractivity (Wildman–Crippen MR) is 143 cm³/mol. The summed E-state index contributed by atoms with van der Waals surface area (Å²) in [6.07, 6.45) is 4.23. The molecule has 9 heteroatoms. The molecule has 36 heavy (non-hydrogen) atoms. The van der Waals surface area contributed by atoms with Crippen molar-refractivity contribution >= 4 is 26.8 Å². The van der Waals surface area contributed by atoms with Gasteiger partial charge in [-0.15, -0.1) is 0 Å². The zero-order chi connectivity index (χ0) is 25.9. The lowest BCUT2D eigenvalue weighted by atomic mass is 9.88. The van der Waals surface area contributed by atoms with E-state index in [4.69, 9.17) is 5.73 Å². The van der Waals surface area contributed by atoms with Crippen LogP contribution in [0.2, 0.25) is 0 Å². The van der Waals surface area contributed by atoms with E-state index in [1.54, 1.807) is 4.31 Å². The van der Waals surface area contributed by atoms with Crippen LogP contribution in [0.3, 0.4) is 0 Å². The lowest BCUT2D eigenvalue weighted by Crippen LogP contribution is -2.39. The van der Waals surface area contributed by atoms with Crippen molar-refractivity contribution in [3.63, 3.8) is 0 Å². The maximum absolute atomic E-state index is 12.8. The Balaban J connectivity index is 1.60. The Hall–Kier alpha value is -2.72. The fourth-order valence-electron chi connectivity index (χ4n) is 5.15. The van der Waals surface area contributed by atoms with Gasteiger partial charge < -0.3 is 20.7 Å². The van der Waals surface area contributed by atoms with Gasteiger partial charge in [0, 0.05) is 30.2 Å². The number of piperidine rings is 1. The van der Waals surface area contributed by atoms with E-state index < -0.39 is 15.9 Å². The second-order valence-corrected chi connectivity index (χ2v) is 12.0. The van der Waals surface area contributed by atoms with Gasteiger partial charge in [-0.25, -0.2) is 12.7 Å². The van der Waals surface area contributed by atoms with Crippen molar-refractivity contribution in [2.75, 3.05) is 39.5 Å². The number of carbonyl (C=O) groups excluding carboxylic acids is 1. The van der Waals surface area contributed by atoms with Crippen LogP contribution in [0.15, 0.2) is 42.6 Å². The average Bonchev–Trinajstić information content (AvgIpc) is 3.28. The van der Waals surface area contributed by atoms with Crippen LogP contribution in [-0.2, 0) is 27.8 Å². The second kappa shape index (κ2) is 11.1. The predicted octanol–water partition coefficient (Wildman–Crippen LogP) is 2.82. The molecule has 3 aromatic rings. The van der Waals surface area contributed by atoms with Gasteiger partial charge in [-0.2, -0.15) is 0 Å². The van der Waals surface area contributed by atoms with Crippen LogP contribution >= 0.6 is 0 Å². The zero-order valence-electron chi connectivity index (χ0n) is 21.0. The number of nitrogens with zero attached hydrogens (tertiary/aromatic N) is 2. The molecule has 2 heterocycles. The highest BCUT2D eigenvalue weighted by Gasteiger charge is 2.29. The van der Waals surface area contributed by atoms with Crippen molar-refractivity contribution < 1.29 is 18.3 Å². The Morgan fingerprint density at radius 3 is 2.58 bits per heavy atom. The number of aliphatic hydroxyl groups excluding tert-OH is 1. The van der Waals surface area contributed by atoms with Gasteiger partial charge in [0.05, 0.1) is 18.8 Å². The van der Waals surface area contributed by atoms with Gasteiger partial charge in [0.2, 0.25) is 15.9 Å². The Morgan fingerprint density at radius 2 is 1.92 bits per heavy atom. The fourth-order valence-corrected chi connectivity index (χ4v) is 6.67. The first-order chi connectivity index (χ1) is 17.2. The van der Waals surface area contributed by atoms with E-state index in [1.807, 2.05) is 55.5 Å². The highest BCUT2D eigenvalue weighted by Crippen LogP contribution is 2.37. The van der Waals surface area contributed by atoms with E-state index in [-0.39, 0.29) is 24.7 Å². The van der Waals surface area contributed by atoms with E-state index in [0.717, 1.165) is 58.1 Å². The number of hydrogen-bond donors (Lipinski definition) is 3. The molecule has 4 rings (SSSR count). The van der Waals surface area contributed by atoms with Gasteiger partial charge in [0.1, 0.15) is 0 Å². The first kappa shape index (κ1) is 26.3. The quantitative estimate of drug-likeness (QED) is 0.386. The van der Waals surface area contributed by atoms with Crippen LogP contribution in [0.5, 0.6) is 0 Å². The van der Waals surface area contributed by atoms with Crippen LogP contribution in [0.25, 0.3) is 22.0 Å². The Bertz CT molecular complexity index is 1320. The zero-order valence-corrected chi connectivity index (χ0v) is 21.9. The van der Waals surface area contributed by atoms with Gasteiger partial charge in [0.15, 0.2) is 0 Å². The lowest BCUT2D eigenvalue weighted by Gasteiger charge is -2.31. The first-order valence-corrected chi connectivity index (χ1v) is 14.0. The van der Waals surface area contributed by atoms with E-state index >= 15 is 0 Å². The highest BCUT2D eigenvalue weighted by molar-refractivity contribution is 7.89. The molecule has 1 aliphatic rings. The summed E-state index contributed by atoms with van der Waals surface area (Å²) in [4.78, 5) is 17.2. The average molecular weight is 513 g/mol. The Morgan fingerprint density at radius 1 is 1.17 bits per heavy atom. The van der Waals surface area contributed by atoms with Crippen LogP contribution in [0.4, 0.5) is 0 Å². The molecule has 0 radical (unpaired) electrons. The van der Waals surface area contributed by atoms with Crippen molar-refractivity contribution in [1.82, 2.24) is 14.2 Å². The van der Waals surface area contributed by atoms with E-state index in [1.165, 1.54) is 0 Å². The summed E-state index contributed by atoms with van der Waals surface area (Å²) in [5.41, 5.74) is 11.1. The number of nitrogens with one attached hydrogen (secondary N) is 1. The molecule has 1 saturated heterocycles. The number of carbonyl (C=O) groups is 1. The Labute approximate surface area is 213 Å². The standard InChI is InChI=1S/C27H36N4O4S/c1-30(2)9-4-12-36(34,35)31-10-7-20(8-11-31)25-17-29-27-23(16-26(28)33)14-22(15-24(25)27)21-6-3-5-19(13-21)18-32/h3,5-6,13-15,17,20,29,32H,4,7-12,16,18H2,1-2H3,(H2,28,33). The molecular formula is C27H36N4O4S. The molecule has 0 saturated carbocycles. The molecule has 1 fully saturated rings. The van der Waals surface area contributed by atoms with Gasteiger partial charge in [-0.05, 0) is 91.8 Å². The number of H-pyrrole nitrogens is 1. The molecule has 0 unspecified atom stereocenters. The van der Waals surface area contributed by atoms with E-state index in [9.17, 15) is 18.3 Å². The summed E-state index contributed by atoms with van der Waals surface area (Å²) in [7, 11) is 0.638. The molecule has 194 valence electrons. The molecule has 8 nitrogen and oxygen atoms in total. The molecule has 1 amide bonds. The molecule has 4 N–H and O–H groups in total. The number of aromatic amines is 1. The third-order valence-electron chi connectivity index (χ3n) is 7.01. The summed E-state index contributed by atoms with van der Waals surface area (Å²) in [5, 5.41) is 10.6. The first-order valence-electron chi connectivity index (χ1n) is 12.4. The van der Waals surface area contributed by atoms with Crippen molar-refractivity contribution in [1.29, 1.82) is 0 Å². The SMILES string of the molecule is CN(C)CCCS(=O)(=O)N1CCC(c2c[nH]c3c(CC(N)=O)cc(-c4cccc(CO)c4)cc23)CC1. The minimum atomic E-state index is -3.26. The summed E-state index contributed by atoms with van der Waals surface area (Å²) < 4.78 is 27.3. The van der Waals surface area contributed by atoms with Crippen LogP contribution < -0.4 is 5.73 Å². The fraction of sp³-hybridized carbons (Fsp3) is 0.444. The molecule has 0 atom stereocenters. The van der Waals surface area contributed by atoms with Gasteiger partial charge in [-0.1, -0.05) is 18.2 Å². The minimum Gasteiger partial charge on any atom is -0.392 e. The van der Waals surface area contributed by atoms with Gasteiger partial charge in [0.25, 0.3) is 0 Å². The van der Waals surface area contributed by atoms with E-state index in [2.05, 4.69) is 11.1 Å². The molecule has 2 aromatic carbocycles. The monoisotopic (exact) mass is 512 g/mol. The molecule has 0 bridgehead atoms. The van der Waals surface area contributed by atoms with Crippen molar-refractivity contribution in [2.45, 2.75) is 38.2 Å². The van der Waals surface area contributed by atoms with Crippen LogP contribution in [0, 0.1) is 0 Å². The number of aromatic nitrogens is 1. The smallest absolute Gasteiger partial charge is 0.221 e. The normalized spacial score (nSPS) is 15.7. The lowest BCUT2D eigenvalue weighted by molar-refractivity contribution is -0.117. The highest BCUT2D eigenvalue weighted by atomic mass is 32.2. The summed E-state index contributed by atoms with van der Waals surface area (Å²) >= 11 is 0. The van der Waals surface area contributed by atoms with Crippen molar-refractivity contribution in [3.05, 3.63) is 59.3 Å². The number of benzene rings is 2. The molecule has 1 aliphatic heterocycles. The number of aliphatic hydroxyl groups is 1. The number of sulfonamides is 1. The van der Waals surface area contributed by atoms with E-state index in [0.29, 0.717) is 19.5 Å². The molecule has 1 aromatic heterocycles. The van der Waals surface area contributed by atoms with Crippen molar-refractivity contribution in [3.8, 4) is 11.1 Å². The number of rotatable bonds is 10. The molecule has 0 spiro atoms. The topological polar surface area (TPSA) is 120 Å². The minimum absolute atomic E-state index is 0.0454. The van der Waals surface area contributed by atoms with Crippen LogP contribution in [0.1, 0.15) is 41.9 Å². The Kier molecular flexibility index (Phi) is 8.14. The number of nitrogens with two attached hydrogens (primary N) is 1. The number of fused-ring (bicyclic) bond motifs is 1. The van der Waals surface area contributed by atoms with Gasteiger partial charge >= 0.3 is 0 Å². The number of hydrogen-bond acceptors (Lipinski definition) is 5. The van der Waals surface area contributed by atoms with Gasteiger partial charge in [-0.3, -0.25) is 4.79 Å². The summed E-state index contributed by atoms with van der Waals surface area (Å²) in [6, 6.07) is 11.8. The molecular weight excluding hydrogens is 476 g/mol. The molecule has 0 aliphatic carbocycles. The largest absolute Gasteiger partial charge is 0.392 e. The third kappa shape index (κ3) is 5.98. The maximum atomic E-state index is 12.8. The third-order valence-corrected chi connectivity index (χ3v) is 8.96. The maximum Gasteiger partial charge on any atom is 0.221 e. The number of amides is 1.